The Morgan fingerprint density at radius 3 is 2.58 bits per heavy atom. The molecule has 0 aliphatic carbocycles. The van der Waals surface area contributed by atoms with Gasteiger partial charge < -0.3 is 5.32 Å². The zero-order valence-corrected chi connectivity index (χ0v) is 13.8. The van der Waals surface area contributed by atoms with Crippen LogP contribution in [0.2, 0.25) is 0 Å². The van der Waals surface area contributed by atoms with E-state index in [0.717, 1.165) is 11.5 Å². The molecule has 3 aromatic rings. The predicted molar refractivity (Wildman–Crippen MR) is 91.8 cm³/mol. The zero-order chi connectivity index (χ0) is 16.9. The number of aryl methyl sites for hydroxylation is 1. The molecule has 24 heavy (non-hydrogen) atoms. The van der Waals surface area contributed by atoms with E-state index in [-0.39, 0.29) is 17.3 Å². The highest BCUT2D eigenvalue weighted by atomic mass is 32.2. The third-order valence-corrected chi connectivity index (χ3v) is 4.22. The number of aromatic nitrogens is 3. The largest absolute Gasteiger partial charge is 0.323 e. The van der Waals surface area contributed by atoms with E-state index in [0.29, 0.717) is 5.16 Å². The maximum atomic E-state index is 13.6. The number of carbonyl (C=O) groups is 1. The number of carbonyl (C=O) groups excluding carboxylic acids is 1. The Labute approximate surface area is 142 Å². The SMILES string of the molecule is Cc1nnc(SCC(=O)Nc2ccccc2F)n1-c1ccccc1. The summed E-state index contributed by atoms with van der Waals surface area (Å²) in [7, 11) is 0. The van der Waals surface area contributed by atoms with Crippen LogP contribution in [0.5, 0.6) is 0 Å². The number of benzene rings is 2. The minimum atomic E-state index is -0.459. The van der Waals surface area contributed by atoms with E-state index in [9.17, 15) is 9.18 Å². The highest BCUT2D eigenvalue weighted by molar-refractivity contribution is 7.99. The van der Waals surface area contributed by atoms with Gasteiger partial charge in [0, 0.05) is 5.69 Å². The van der Waals surface area contributed by atoms with Gasteiger partial charge in [-0.2, -0.15) is 0 Å². The summed E-state index contributed by atoms with van der Waals surface area (Å²) in [5.74, 6) is 0.0852. The summed E-state index contributed by atoms with van der Waals surface area (Å²) in [6, 6.07) is 15.7. The van der Waals surface area contributed by atoms with Crippen LogP contribution in [0.1, 0.15) is 5.82 Å². The number of nitrogens with one attached hydrogen (secondary N) is 1. The summed E-state index contributed by atoms with van der Waals surface area (Å²) in [5.41, 5.74) is 1.10. The molecule has 0 spiro atoms. The maximum absolute atomic E-state index is 13.6. The van der Waals surface area contributed by atoms with Crippen molar-refractivity contribution in [1.82, 2.24) is 14.8 Å². The highest BCUT2D eigenvalue weighted by Crippen LogP contribution is 2.22. The molecule has 0 bridgehead atoms. The number of anilines is 1. The minimum absolute atomic E-state index is 0.110. The van der Waals surface area contributed by atoms with Gasteiger partial charge in [-0.25, -0.2) is 4.39 Å². The number of nitrogens with zero attached hydrogens (tertiary/aromatic N) is 3. The fourth-order valence-electron chi connectivity index (χ4n) is 2.19. The minimum Gasteiger partial charge on any atom is -0.323 e. The molecular weight excluding hydrogens is 327 g/mol. The normalized spacial score (nSPS) is 10.6. The van der Waals surface area contributed by atoms with E-state index in [1.54, 1.807) is 12.1 Å². The monoisotopic (exact) mass is 342 g/mol. The third kappa shape index (κ3) is 3.62. The first-order valence-corrected chi connectivity index (χ1v) is 8.28. The summed E-state index contributed by atoms with van der Waals surface area (Å²) in [4.78, 5) is 12.0. The second kappa shape index (κ2) is 7.27. The van der Waals surface area contributed by atoms with Crippen molar-refractivity contribution in [2.45, 2.75) is 12.1 Å². The van der Waals surface area contributed by atoms with Crippen LogP contribution in [0.4, 0.5) is 10.1 Å². The highest BCUT2D eigenvalue weighted by Gasteiger charge is 2.14. The van der Waals surface area contributed by atoms with Crippen LogP contribution in [-0.2, 0) is 4.79 Å². The molecule has 122 valence electrons. The van der Waals surface area contributed by atoms with Crippen LogP contribution in [-0.4, -0.2) is 26.4 Å². The topological polar surface area (TPSA) is 59.8 Å². The van der Waals surface area contributed by atoms with E-state index in [1.165, 1.54) is 23.9 Å². The summed E-state index contributed by atoms with van der Waals surface area (Å²) >= 11 is 1.25. The molecule has 1 N–H and O–H groups in total. The Morgan fingerprint density at radius 2 is 1.83 bits per heavy atom. The molecule has 7 heteroatoms. The van der Waals surface area contributed by atoms with Crippen molar-refractivity contribution < 1.29 is 9.18 Å². The molecule has 3 rings (SSSR count). The average molecular weight is 342 g/mol. The van der Waals surface area contributed by atoms with Crippen LogP contribution in [0.15, 0.2) is 59.8 Å². The van der Waals surface area contributed by atoms with E-state index in [1.807, 2.05) is 41.8 Å². The summed E-state index contributed by atoms with van der Waals surface area (Å²) in [6.45, 7) is 1.85. The third-order valence-electron chi connectivity index (χ3n) is 3.29. The van der Waals surface area contributed by atoms with Gasteiger partial charge in [0.25, 0.3) is 0 Å². The lowest BCUT2D eigenvalue weighted by atomic mass is 10.3. The summed E-state index contributed by atoms with van der Waals surface area (Å²) in [5, 5.41) is 11.3. The molecular formula is C17H15FN4OS. The molecule has 1 amide bonds. The zero-order valence-electron chi connectivity index (χ0n) is 12.9. The van der Waals surface area contributed by atoms with Crippen LogP contribution in [0.25, 0.3) is 5.69 Å². The second-order valence-electron chi connectivity index (χ2n) is 5.02. The molecule has 0 saturated carbocycles. The molecule has 0 unspecified atom stereocenters. The van der Waals surface area contributed by atoms with Crippen LogP contribution in [0.3, 0.4) is 0 Å². The summed E-state index contributed by atoms with van der Waals surface area (Å²) < 4.78 is 15.4. The van der Waals surface area contributed by atoms with Gasteiger partial charge in [0.15, 0.2) is 5.16 Å². The van der Waals surface area contributed by atoms with Crippen molar-refractivity contribution in [3.63, 3.8) is 0 Å². The van der Waals surface area contributed by atoms with Crippen molar-refractivity contribution >= 4 is 23.4 Å². The van der Waals surface area contributed by atoms with Crippen molar-refractivity contribution in [1.29, 1.82) is 0 Å². The number of hydrogen-bond acceptors (Lipinski definition) is 4. The van der Waals surface area contributed by atoms with E-state index in [2.05, 4.69) is 15.5 Å². The number of halogens is 1. The van der Waals surface area contributed by atoms with Crippen LogP contribution >= 0.6 is 11.8 Å². The molecule has 0 radical (unpaired) electrons. The molecule has 2 aromatic carbocycles. The molecule has 1 heterocycles. The Hall–Kier alpha value is -2.67. The Kier molecular flexibility index (Phi) is 4.90. The lowest BCUT2D eigenvalue weighted by Gasteiger charge is -2.08. The van der Waals surface area contributed by atoms with Crippen molar-refractivity contribution in [2.24, 2.45) is 0 Å². The number of amides is 1. The first kappa shape index (κ1) is 16.2. The van der Waals surface area contributed by atoms with Gasteiger partial charge >= 0.3 is 0 Å². The van der Waals surface area contributed by atoms with Gasteiger partial charge in [-0.3, -0.25) is 9.36 Å². The molecule has 0 saturated heterocycles. The van der Waals surface area contributed by atoms with Crippen LogP contribution in [0, 0.1) is 12.7 Å². The lowest BCUT2D eigenvalue weighted by molar-refractivity contribution is -0.113. The number of para-hydroxylation sites is 2. The molecule has 0 aliphatic rings. The smallest absolute Gasteiger partial charge is 0.234 e. The van der Waals surface area contributed by atoms with E-state index < -0.39 is 5.82 Å². The molecule has 0 fully saturated rings. The quantitative estimate of drug-likeness (QED) is 0.722. The number of hydrogen-bond donors (Lipinski definition) is 1. The first-order chi connectivity index (χ1) is 11.6. The van der Waals surface area contributed by atoms with Gasteiger partial charge in [0.05, 0.1) is 11.4 Å². The van der Waals surface area contributed by atoms with Gasteiger partial charge in [-0.15, -0.1) is 10.2 Å². The van der Waals surface area contributed by atoms with E-state index >= 15 is 0 Å². The van der Waals surface area contributed by atoms with Crippen molar-refractivity contribution in [3.05, 3.63) is 66.2 Å². The number of rotatable bonds is 5. The first-order valence-electron chi connectivity index (χ1n) is 7.30. The van der Waals surface area contributed by atoms with E-state index in [4.69, 9.17) is 0 Å². The average Bonchev–Trinajstić information content (AvgIpc) is 2.96. The molecule has 5 nitrogen and oxygen atoms in total. The molecule has 1 aromatic heterocycles. The summed E-state index contributed by atoms with van der Waals surface area (Å²) in [6.07, 6.45) is 0. The van der Waals surface area contributed by atoms with Crippen molar-refractivity contribution in [3.8, 4) is 5.69 Å². The standard InChI is InChI=1S/C17H15FN4OS/c1-12-20-21-17(22(12)13-7-3-2-4-8-13)24-11-16(23)19-15-10-6-5-9-14(15)18/h2-10H,11H2,1H3,(H,19,23). The van der Waals surface area contributed by atoms with Crippen molar-refractivity contribution in [2.75, 3.05) is 11.1 Å². The Morgan fingerprint density at radius 1 is 1.12 bits per heavy atom. The Bertz CT molecular complexity index is 851. The van der Waals surface area contributed by atoms with Gasteiger partial charge in [-0.05, 0) is 31.2 Å². The second-order valence-corrected chi connectivity index (χ2v) is 5.96. The van der Waals surface area contributed by atoms with Gasteiger partial charge in [0.2, 0.25) is 5.91 Å². The van der Waals surface area contributed by atoms with Gasteiger partial charge in [0.1, 0.15) is 11.6 Å². The number of thioether (sulfide) groups is 1. The fourth-order valence-corrected chi connectivity index (χ4v) is 2.99. The van der Waals surface area contributed by atoms with Gasteiger partial charge in [-0.1, -0.05) is 42.1 Å². The fraction of sp³-hybridized carbons (Fsp3) is 0.118. The Balaban J connectivity index is 1.70. The molecule has 0 aliphatic heterocycles. The van der Waals surface area contributed by atoms with Crippen LogP contribution < -0.4 is 5.32 Å². The molecule has 0 atom stereocenters. The maximum Gasteiger partial charge on any atom is 0.234 e. The lowest BCUT2D eigenvalue weighted by Crippen LogP contribution is -2.15. The predicted octanol–water partition coefficient (Wildman–Crippen LogP) is 3.45.